The number of anilines is 1. The lowest BCUT2D eigenvalue weighted by molar-refractivity contribution is -0.121. The van der Waals surface area contributed by atoms with Gasteiger partial charge in [-0.1, -0.05) is 6.92 Å². The number of amides is 1. The van der Waals surface area contributed by atoms with Gasteiger partial charge in [0.25, 0.3) is 0 Å². The molecule has 1 aromatic rings. The molecule has 1 atom stereocenters. The van der Waals surface area contributed by atoms with Crippen molar-refractivity contribution in [3.8, 4) is 11.5 Å². The Kier molecular flexibility index (Phi) is 6.10. The molecular weight excluding hydrogens is 280 g/mol. The summed E-state index contributed by atoms with van der Waals surface area (Å²) in [5.41, 5.74) is 0.724. The second-order valence-corrected chi connectivity index (χ2v) is 4.77. The Hall–Kier alpha value is -1.46. The molecule has 1 aliphatic rings. The summed E-state index contributed by atoms with van der Waals surface area (Å²) in [5.74, 6) is 1.74. The average molecular weight is 301 g/mol. The Labute approximate surface area is 125 Å². The van der Waals surface area contributed by atoms with Gasteiger partial charge in [0.05, 0.1) is 14.2 Å². The summed E-state index contributed by atoms with van der Waals surface area (Å²) in [6.07, 6.45) is 0. The molecule has 20 heavy (non-hydrogen) atoms. The summed E-state index contributed by atoms with van der Waals surface area (Å²) in [6.45, 7) is 3.79. The van der Waals surface area contributed by atoms with Crippen LogP contribution in [-0.2, 0) is 4.79 Å². The third kappa shape index (κ3) is 3.55. The summed E-state index contributed by atoms with van der Waals surface area (Å²) in [6, 6.07) is 5.36. The molecule has 0 saturated carbocycles. The van der Waals surface area contributed by atoms with Crippen molar-refractivity contribution < 1.29 is 14.3 Å². The first-order valence-corrected chi connectivity index (χ1v) is 6.39. The minimum atomic E-state index is 0. The molecular formula is C14H21ClN2O3. The van der Waals surface area contributed by atoms with Gasteiger partial charge in [-0.3, -0.25) is 4.79 Å². The number of ether oxygens (including phenoxy) is 2. The molecule has 6 heteroatoms. The maximum atomic E-state index is 12.1. The van der Waals surface area contributed by atoms with Gasteiger partial charge in [-0.2, -0.15) is 0 Å². The van der Waals surface area contributed by atoms with Crippen LogP contribution in [0.15, 0.2) is 18.2 Å². The predicted octanol–water partition coefficient (Wildman–Crippen LogP) is 1.92. The normalized spacial score (nSPS) is 15.6. The summed E-state index contributed by atoms with van der Waals surface area (Å²) >= 11 is 0. The monoisotopic (exact) mass is 300 g/mol. The second-order valence-electron chi connectivity index (χ2n) is 4.77. The first kappa shape index (κ1) is 16.6. The molecule has 2 N–H and O–H groups in total. The van der Waals surface area contributed by atoms with Crippen LogP contribution in [0.5, 0.6) is 11.5 Å². The third-order valence-electron chi connectivity index (χ3n) is 3.58. The summed E-state index contributed by atoms with van der Waals surface area (Å²) in [7, 11) is 3.16. The minimum Gasteiger partial charge on any atom is -0.493 e. The number of methoxy groups -OCH3 is 2. The van der Waals surface area contributed by atoms with E-state index in [1.54, 1.807) is 26.4 Å². The van der Waals surface area contributed by atoms with Gasteiger partial charge in [0, 0.05) is 17.7 Å². The molecule has 1 aliphatic heterocycles. The number of halogens is 1. The molecule has 0 aromatic heterocycles. The Morgan fingerprint density at radius 1 is 1.30 bits per heavy atom. The molecule has 1 aromatic carbocycles. The van der Waals surface area contributed by atoms with E-state index < -0.39 is 0 Å². The van der Waals surface area contributed by atoms with Crippen LogP contribution in [0.3, 0.4) is 0 Å². The third-order valence-corrected chi connectivity index (χ3v) is 3.58. The zero-order valence-electron chi connectivity index (χ0n) is 11.9. The van der Waals surface area contributed by atoms with Crippen molar-refractivity contribution in [3.05, 3.63) is 18.2 Å². The number of carbonyl (C=O) groups is 1. The highest BCUT2D eigenvalue weighted by Crippen LogP contribution is 2.30. The minimum absolute atomic E-state index is 0. The summed E-state index contributed by atoms with van der Waals surface area (Å²) in [4.78, 5) is 12.1. The van der Waals surface area contributed by atoms with Gasteiger partial charge in [-0.15, -0.1) is 12.4 Å². The lowest BCUT2D eigenvalue weighted by atomic mass is 9.88. The van der Waals surface area contributed by atoms with Gasteiger partial charge in [0.1, 0.15) is 0 Å². The van der Waals surface area contributed by atoms with Gasteiger partial charge < -0.3 is 20.1 Å². The van der Waals surface area contributed by atoms with E-state index in [2.05, 4.69) is 10.6 Å². The van der Waals surface area contributed by atoms with Gasteiger partial charge in [0.2, 0.25) is 5.91 Å². The predicted molar refractivity (Wildman–Crippen MR) is 80.9 cm³/mol. The number of benzene rings is 1. The van der Waals surface area contributed by atoms with E-state index in [9.17, 15) is 4.79 Å². The van der Waals surface area contributed by atoms with Crippen LogP contribution < -0.4 is 20.1 Å². The zero-order valence-corrected chi connectivity index (χ0v) is 12.8. The fourth-order valence-corrected chi connectivity index (χ4v) is 2.05. The van der Waals surface area contributed by atoms with Crippen molar-refractivity contribution in [2.24, 2.45) is 11.8 Å². The van der Waals surface area contributed by atoms with Crippen LogP contribution in [0.1, 0.15) is 6.92 Å². The van der Waals surface area contributed by atoms with Crippen LogP contribution >= 0.6 is 12.4 Å². The van der Waals surface area contributed by atoms with E-state index in [1.165, 1.54) is 0 Å². The molecule has 0 spiro atoms. The Balaban J connectivity index is 0.00000200. The van der Waals surface area contributed by atoms with Crippen molar-refractivity contribution >= 4 is 24.0 Å². The Bertz CT molecular complexity index is 464. The fraction of sp³-hybridized carbons (Fsp3) is 0.500. The van der Waals surface area contributed by atoms with Crippen molar-refractivity contribution in [2.45, 2.75) is 6.92 Å². The van der Waals surface area contributed by atoms with Crippen LogP contribution in [0.2, 0.25) is 0 Å². The largest absolute Gasteiger partial charge is 0.493 e. The molecule has 0 radical (unpaired) electrons. The maximum absolute atomic E-state index is 12.1. The van der Waals surface area contributed by atoms with Crippen LogP contribution in [0.4, 0.5) is 5.69 Å². The van der Waals surface area contributed by atoms with E-state index in [-0.39, 0.29) is 24.2 Å². The Morgan fingerprint density at radius 2 is 1.95 bits per heavy atom. The smallest absolute Gasteiger partial charge is 0.227 e. The van der Waals surface area contributed by atoms with Crippen molar-refractivity contribution in [1.82, 2.24) is 5.32 Å². The van der Waals surface area contributed by atoms with E-state index in [4.69, 9.17) is 9.47 Å². The lowest BCUT2D eigenvalue weighted by Gasteiger charge is -2.31. The molecule has 2 rings (SSSR count). The summed E-state index contributed by atoms with van der Waals surface area (Å²) in [5, 5.41) is 6.09. The maximum Gasteiger partial charge on any atom is 0.227 e. The van der Waals surface area contributed by atoms with E-state index in [1.807, 2.05) is 13.0 Å². The van der Waals surface area contributed by atoms with Crippen LogP contribution in [-0.4, -0.2) is 33.2 Å². The molecule has 1 heterocycles. The molecule has 1 unspecified atom stereocenters. The highest BCUT2D eigenvalue weighted by molar-refractivity contribution is 5.93. The van der Waals surface area contributed by atoms with Crippen LogP contribution in [0, 0.1) is 11.8 Å². The van der Waals surface area contributed by atoms with Crippen LogP contribution in [0.25, 0.3) is 0 Å². The van der Waals surface area contributed by atoms with Crippen molar-refractivity contribution in [2.75, 3.05) is 32.6 Å². The molecule has 1 amide bonds. The number of nitrogens with one attached hydrogen (secondary N) is 2. The topological polar surface area (TPSA) is 59.6 Å². The van der Waals surface area contributed by atoms with Gasteiger partial charge in [-0.05, 0) is 31.1 Å². The van der Waals surface area contributed by atoms with Crippen molar-refractivity contribution in [3.63, 3.8) is 0 Å². The standard InChI is InChI=1S/C14H20N2O3.ClH/c1-9(10-7-15-8-10)14(17)16-11-4-5-12(18-2)13(6-11)19-3;/h4-6,9-10,15H,7-8H2,1-3H3,(H,16,17);1H. The van der Waals surface area contributed by atoms with E-state index in [0.717, 1.165) is 18.8 Å². The number of hydrogen-bond acceptors (Lipinski definition) is 4. The van der Waals surface area contributed by atoms with Gasteiger partial charge in [0.15, 0.2) is 11.5 Å². The fourth-order valence-electron chi connectivity index (χ4n) is 2.05. The molecule has 1 saturated heterocycles. The molecule has 112 valence electrons. The number of hydrogen-bond donors (Lipinski definition) is 2. The van der Waals surface area contributed by atoms with E-state index in [0.29, 0.717) is 17.4 Å². The quantitative estimate of drug-likeness (QED) is 0.872. The van der Waals surface area contributed by atoms with Gasteiger partial charge >= 0.3 is 0 Å². The highest BCUT2D eigenvalue weighted by Gasteiger charge is 2.28. The first-order chi connectivity index (χ1) is 9.15. The van der Waals surface area contributed by atoms with E-state index >= 15 is 0 Å². The number of carbonyl (C=O) groups excluding carboxylic acids is 1. The SMILES string of the molecule is COc1ccc(NC(=O)C(C)C2CNC2)cc1OC.Cl. The molecule has 0 bridgehead atoms. The second kappa shape index (κ2) is 7.36. The molecule has 1 fully saturated rings. The molecule has 5 nitrogen and oxygen atoms in total. The lowest BCUT2D eigenvalue weighted by Crippen LogP contribution is -2.48. The molecule has 0 aliphatic carbocycles. The first-order valence-electron chi connectivity index (χ1n) is 6.39. The van der Waals surface area contributed by atoms with Crippen molar-refractivity contribution in [1.29, 1.82) is 0 Å². The highest BCUT2D eigenvalue weighted by atomic mass is 35.5. The number of rotatable bonds is 5. The summed E-state index contributed by atoms with van der Waals surface area (Å²) < 4.78 is 10.4. The Morgan fingerprint density at radius 3 is 2.45 bits per heavy atom. The van der Waals surface area contributed by atoms with Gasteiger partial charge in [-0.25, -0.2) is 0 Å². The average Bonchev–Trinajstić information content (AvgIpc) is 2.36. The zero-order chi connectivity index (χ0) is 13.8.